The zero-order valence-electron chi connectivity index (χ0n) is 9.27. The molecule has 0 aliphatic carbocycles. The number of hydrogen-bond donors (Lipinski definition) is 0. The van der Waals surface area contributed by atoms with Gasteiger partial charge in [-0.2, -0.15) is 4.98 Å². The molecule has 0 aliphatic heterocycles. The number of aromatic nitrogens is 4. The molecule has 0 aliphatic rings. The first-order chi connectivity index (χ1) is 7.99. The summed E-state index contributed by atoms with van der Waals surface area (Å²) >= 11 is 5.84. The fourth-order valence-electron chi connectivity index (χ4n) is 1.64. The summed E-state index contributed by atoms with van der Waals surface area (Å²) in [6, 6.07) is 0. The van der Waals surface area contributed by atoms with Crippen LogP contribution in [-0.4, -0.2) is 18.7 Å². The van der Waals surface area contributed by atoms with Crippen molar-refractivity contribution in [1.82, 2.24) is 18.7 Å². The van der Waals surface area contributed by atoms with Crippen molar-refractivity contribution in [2.24, 2.45) is 14.1 Å². The van der Waals surface area contributed by atoms with Crippen molar-refractivity contribution in [2.45, 2.75) is 6.54 Å². The molecule has 17 heavy (non-hydrogen) atoms. The van der Waals surface area contributed by atoms with Gasteiger partial charge in [-0.1, -0.05) is 5.92 Å². The molecule has 88 valence electrons. The van der Waals surface area contributed by atoms with E-state index in [2.05, 4.69) is 10.9 Å². The number of fused-ring (bicyclic) bond motifs is 1. The van der Waals surface area contributed by atoms with Crippen molar-refractivity contribution in [1.29, 1.82) is 0 Å². The number of hydrogen-bond acceptors (Lipinski definition) is 3. The minimum Gasteiger partial charge on any atom is -0.312 e. The highest BCUT2D eigenvalue weighted by atomic mass is 35.5. The molecule has 2 heterocycles. The number of nitrogens with zero attached hydrogens (tertiary/aromatic N) is 4. The standard InChI is InChI=1S/C10H9ClN4O2/c1-4-5-15-7-6(13(2)9(11)12-7)8(16)14(3)10(15)17/h1H,5H2,2-3H3. The molecule has 0 atom stereocenters. The van der Waals surface area contributed by atoms with E-state index in [-0.39, 0.29) is 23.0 Å². The number of aryl methyl sites for hydroxylation is 1. The Morgan fingerprint density at radius 1 is 1.35 bits per heavy atom. The lowest BCUT2D eigenvalue weighted by molar-refractivity contribution is 0.682. The summed E-state index contributed by atoms with van der Waals surface area (Å²) in [7, 11) is 2.99. The van der Waals surface area contributed by atoms with Crippen LogP contribution in [0.5, 0.6) is 0 Å². The highest BCUT2D eigenvalue weighted by Gasteiger charge is 2.16. The maximum absolute atomic E-state index is 11.9. The van der Waals surface area contributed by atoms with Crippen molar-refractivity contribution in [3.63, 3.8) is 0 Å². The second kappa shape index (κ2) is 3.79. The van der Waals surface area contributed by atoms with Gasteiger partial charge in [0.25, 0.3) is 5.56 Å². The van der Waals surface area contributed by atoms with E-state index in [9.17, 15) is 9.59 Å². The van der Waals surface area contributed by atoms with Gasteiger partial charge in [-0.15, -0.1) is 6.42 Å². The highest BCUT2D eigenvalue weighted by molar-refractivity contribution is 6.29. The molecule has 0 saturated heterocycles. The third kappa shape index (κ3) is 1.47. The number of rotatable bonds is 1. The molecule has 0 aromatic carbocycles. The van der Waals surface area contributed by atoms with Crippen LogP contribution >= 0.6 is 11.6 Å². The molecule has 0 spiro atoms. The SMILES string of the molecule is C#CCn1c(=O)n(C)c(=O)c2c1nc(Cl)n2C. The van der Waals surface area contributed by atoms with Crippen LogP contribution in [0.3, 0.4) is 0 Å². The van der Waals surface area contributed by atoms with Crippen LogP contribution in [0.15, 0.2) is 9.59 Å². The van der Waals surface area contributed by atoms with E-state index in [1.807, 2.05) is 0 Å². The van der Waals surface area contributed by atoms with Gasteiger partial charge in [0.1, 0.15) is 0 Å². The summed E-state index contributed by atoms with van der Waals surface area (Å²) in [6.07, 6.45) is 5.19. The van der Waals surface area contributed by atoms with Crippen LogP contribution in [0.2, 0.25) is 5.28 Å². The molecular weight excluding hydrogens is 244 g/mol. The van der Waals surface area contributed by atoms with Gasteiger partial charge in [0.15, 0.2) is 11.2 Å². The van der Waals surface area contributed by atoms with Crippen LogP contribution in [0.25, 0.3) is 11.2 Å². The fraction of sp³-hybridized carbons (Fsp3) is 0.300. The Morgan fingerprint density at radius 3 is 2.59 bits per heavy atom. The lowest BCUT2D eigenvalue weighted by atomic mass is 10.5. The normalized spacial score (nSPS) is 10.7. The number of halogens is 1. The summed E-state index contributed by atoms with van der Waals surface area (Å²) in [5.74, 6) is 2.35. The van der Waals surface area contributed by atoms with E-state index in [1.54, 1.807) is 7.05 Å². The average molecular weight is 253 g/mol. The van der Waals surface area contributed by atoms with Crippen molar-refractivity contribution in [3.8, 4) is 12.3 Å². The summed E-state index contributed by atoms with van der Waals surface area (Å²) in [4.78, 5) is 27.7. The number of terminal acetylenes is 1. The van der Waals surface area contributed by atoms with Crippen molar-refractivity contribution < 1.29 is 0 Å². The molecule has 0 radical (unpaired) electrons. The van der Waals surface area contributed by atoms with Crippen LogP contribution in [0.1, 0.15) is 0 Å². The summed E-state index contributed by atoms with van der Waals surface area (Å²) in [5, 5.41) is 0.133. The van der Waals surface area contributed by atoms with Gasteiger partial charge < -0.3 is 4.57 Å². The van der Waals surface area contributed by atoms with Gasteiger partial charge in [-0.05, 0) is 11.6 Å². The van der Waals surface area contributed by atoms with Crippen LogP contribution in [0.4, 0.5) is 0 Å². The largest absolute Gasteiger partial charge is 0.333 e. The van der Waals surface area contributed by atoms with E-state index in [0.717, 1.165) is 4.57 Å². The molecular formula is C10H9ClN4O2. The van der Waals surface area contributed by atoms with E-state index in [4.69, 9.17) is 18.0 Å². The summed E-state index contributed by atoms with van der Waals surface area (Å²) in [6.45, 7) is 0.0385. The third-order valence-electron chi connectivity index (χ3n) is 2.55. The van der Waals surface area contributed by atoms with E-state index in [1.165, 1.54) is 16.2 Å². The molecule has 0 unspecified atom stereocenters. The molecule has 0 fully saturated rings. The molecule has 2 rings (SSSR count). The molecule has 0 N–H and O–H groups in total. The maximum atomic E-state index is 11.9. The topological polar surface area (TPSA) is 61.8 Å². The lowest BCUT2D eigenvalue weighted by Crippen LogP contribution is -2.38. The minimum absolute atomic E-state index is 0.0385. The Morgan fingerprint density at radius 2 is 2.00 bits per heavy atom. The summed E-state index contributed by atoms with van der Waals surface area (Å²) in [5.41, 5.74) is -0.480. The van der Waals surface area contributed by atoms with Crippen molar-refractivity contribution in [3.05, 3.63) is 26.1 Å². The second-order valence-electron chi connectivity index (χ2n) is 3.55. The first-order valence-corrected chi connectivity index (χ1v) is 5.12. The smallest absolute Gasteiger partial charge is 0.312 e. The highest BCUT2D eigenvalue weighted by Crippen LogP contribution is 2.13. The number of imidazole rings is 1. The molecule has 0 saturated carbocycles. The Balaban J connectivity index is 3.11. The molecule has 2 aromatic heterocycles. The first kappa shape index (κ1) is 11.5. The Bertz CT molecular complexity index is 760. The average Bonchev–Trinajstić information content (AvgIpc) is 2.59. The van der Waals surface area contributed by atoms with Crippen LogP contribution < -0.4 is 11.2 Å². The van der Waals surface area contributed by atoms with E-state index in [0.29, 0.717) is 0 Å². The molecule has 7 heteroatoms. The molecule has 6 nitrogen and oxygen atoms in total. The second-order valence-corrected chi connectivity index (χ2v) is 3.89. The molecule has 0 amide bonds. The summed E-state index contributed by atoms with van der Waals surface area (Å²) < 4.78 is 3.64. The Hall–Kier alpha value is -2.00. The first-order valence-electron chi connectivity index (χ1n) is 4.74. The Kier molecular flexibility index (Phi) is 2.56. The molecule has 0 bridgehead atoms. The van der Waals surface area contributed by atoms with Crippen LogP contribution in [-0.2, 0) is 20.6 Å². The zero-order valence-corrected chi connectivity index (χ0v) is 10.0. The zero-order chi connectivity index (χ0) is 12.7. The van der Waals surface area contributed by atoms with Gasteiger partial charge in [0.2, 0.25) is 5.28 Å². The minimum atomic E-state index is -0.504. The van der Waals surface area contributed by atoms with Crippen molar-refractivity contribution in [2.75, 3.05) is 0 Å². The molecule has 2 aromatic rings. The predicted molar refractivity (Wildman–Crippen MR) is 64.1 cm³/mol. The van der Waals surface area contributed by atoms with E-state index < -0.39 is 11.2 Å². The van der Waals surface area contributed by atoms with Gasteiger partial charge >= 0.3 is 5.69 Å². The van der Waals surface area contributed by atoms with Gasteiger partial charge in [-0.25, -0.2) is 4.79 Å². The lowest BCUT2D eigenvalue weighted by Gasteiger charge is -2.05. The van der Waals surface area contributed by atoms with Gasteiger partial charge in [0, 0.05) is 14.1 Å². The quantitative estimate of drug-likeness (QED) is 0.518. The van der Waals surface area contributed by atoms with Crippen molar-refractivity contribution >= 4 is 22.8 Å². The maximum Gasteiger partial charge on any atom is 0.333 e. The Labute approximate surface area is 101 Å². The fourth-order valence-corrected chi connectivity index (χ4v) is 1.80. The van der Waals surface area contributed by atoms with Gasteiger partial charge in [0.05, 0.1) is 6.54 Å². The predicted octanol–water partition coefficient (Wildman–Crippen LogP) is -0.280. The van der Waals surface area contributed by atoms with E-state index >= 15 is 0 Å². The van der Waals surface area contributed by atoms with Gasteiger partial charge in [-0.3, -0.25) is 13.9 Å². The monoisotopic (exact) mass is 252 g/mol. The van der Waals surface area contributed by atoms with Crippen LogP contribution in [0, 0.1) is 12.3 Å². The third-order valence-corrected chi connectivity index (χ3v) is 2.89.